The van der Waals surface area contributed by atoms with Crippen LogP contribution in [0.3, 0.4) is 0 Å². The highest BCUT2D eigenvalue weighted by Gasteiger charge is 2.26. The minimum absolute atomic E-state index is 0.128. The number of nitrogens with one attached hydrogen (secondary N) is 1. The van der Waals surface area contributed by atoms with Crippen molar-refractivity contribution in [2.75, 3.05) is 45.2 Å². The first-order valence-corrected chi connectivity index (χ1v) is 12.4. The summed E-state index contributed by atoms with van der Waals surface area (Å²) in [6.07, 6.45) is 0. The van der Waals surface area contributed by atoms with Gasteiger partial charge in [0.25, 0.3) is 0 Å². The van der Waals surface area contributed by atoms with E-state index in [9.17, 15) is 9.59 Å². The van der Waals surface area contributed by atoms with E-state index in [1.165, 1.54) is 24.0 Å². The Morgan fingerprint density at radius 1 is 1.00 bits per heavy atom. The molecule has 0 aliphatic carbocycles. The van der Waals surface area contributed by atoms with Gasteiger partial charge in [0.1, 0.15) is 10.6 Å². The molecule has 1 aliphatic rings. The zero-order valence-corrected chi connectivity index (χ0v) is 20.9. The number of carbonyl (C=O) groups excluding carboxylic acids is 2. The minimum atomic E-state index is -0.450. The standard InChI is InChI=1S/C26H28ClN3O3S/c1-18-23(20-6-4-3-5-7-20)24(26(32)33-2)25(34-18)28-22(31)17-30-14-12-29(13-15-30)16-19-8-10-21(27)11-9-19/h3-11H,12-17H2,1-2H3,(H,28,31). The number of carbonyl (C=O) groups is 2. The molecule has 1 saturated heterocycles. The van der Waals surface area contributed by atoms with Crippen molar-refractivity contribution in [3.8, 4) is 11.1 Å². The van der Waals surface area contributed by atoms with E-state index in [1.807, 2.05) is 61.5 Å². The van der Waals surface area contributed by atoms with Gasteiger partial charge in [0.05, 0.1) is 13.7 Å². The number of thiophene rings is 1. The van der Waals surface area contributed by atoms with Crippen molar-refractivity contribution in [2.24, 2.45) is 0 Å². The average Bonchev–Trinajstić information content (AvgIpc) is 3.17. The van der Waals surface area contributed by atoms with E-state index in [-0.39, 0.29) is 12.5 Å². The van der Waals surface area contributed by atoms with Crippen LogP contribution in [0.4, 0.5) is 5.00 Å². The first-order chi connectivity index (χ1) is 16.4. The van der Waals surface area contributed by atoms with Crippen molar-refractivity contribution in [1.29, 1.82) is 0 Å². The van der Waals surface area contributed by atoms with Gasteiger partial charge in [-0.25, -0.2) is 4.79 Å². The predicted molar refractivity (Wildman–Crippen MR) is 138 cm³/mol. The van der Waals surface area contributed by atoms with Crippen molar-refractivity contribution in [3.05, 3.63) is 75.6 Å². The molecule has 2 aromatic carbocycles. The largest absolute Gasteiger partial charge is 0.465 e. The molecule has 34 heavy (non-hydrogen) atoms. The number of hydrogen-bond donors (Lipinski definition) is 1. The Kier molecular flexibility index (Phi) is 8.00. The second-order valence-corrected chi connectivity index (χ2v) is 9.98. The van der Waals surface area contributed by atoms with Gasteiger partial charge in [-0.15, -0.1) is 11.3 Å². The van der Waals surface area contributed by atoms with Crippen LogP contribution in [0.15, 0.2) is 54.6 Å². The van der Waals surface area contributed by atoms with E-state index in [2.05, 4.69) is 15.1 Å². The molecule has 0 radical (unpaired) electrons. The fourth-order valence-corrected chi connectivity index (χ4v) is 5.41. The van der Waals surface area contributed by atoms with Gasteiger partial charge in [0.2, 0.25) is 5.91 Å². The fraction of sp³-hybridized carbons (Fsp3) is 0.308. The van der Waals surface area contributed by atoms with Crippen LogP contribution in [0, 0.1) is 6.92 Å². The number of amides is 1. The number of ether oxygens (including phenoxy) is 1. The molecule has 0 bridgehead atoms. The Balaban J connectivity index is 1.38. The molecule has 8 heteroatoms. The van der Waals surface area contributed by atoms with E-state index >= 15 is 0 Å². The third-order valence-electron chi connectivity index (χ3n) is 5.94. The van der Waals surface area contributed by atoms with Gasteiger partial charge >= 0.3 is 5.97 Å². The monoisotopic (exact) mass is 497 g/mol. The highest BCUT2D eigenvalue weighted by molar-refractivity contribution is 7.17. The summed E-state index contributed by atoms with van der Waals surface area (Å²) in [5.41, 5.74) is 3.38. The van der Waals surface area contributed by atoms with Crippen LogP contribution in [0.2, 0.25) is 5.02 Å². The van der Waals surface area contributed by atoms with Crippen molar-refractivity contribution in [3.63, 3.8) is 0 Å². The molecule has 1 fully saturated rings. The summed E-state index contributed by atoms with van der Waals surface area (Å²) < 4.78 is 5.04. The average molecular weight is 498 g/mol. The summed E-state index contributed by atoms with van der Waals surface area (Å²) in [5, 5.41) is 4.25. The Hall–Kier alpha value is -2.71. The Bertz CT molecular complexity index is 1140. The number of esters is 1. The summed E-state index contributed by atoms with van der Waals surface area (Å²) in [6, 6.07) is 17.6. The van der Waals surface area contributed by atoms with Gasteiger partial charge < -0.3 is 10.1 Å². The molecule has 0 atom stereocenters. The van der Waals surface area contributed by atoms with Crippen LogP contribution in [0.1, 0.15) is 20.8 Å². The molecular weight excluding hydrogens is 470 g/mol. The Labute approximate surface area is 209 Å². The number of piperazine rings is 1. The van der Waals surface area contributed by atoms with Crippen molar-refractivity contribution in [2.45, 2.75) is 13.5 Å². The third kappa shape index (κ3) is 5.85. The quantitative estimate of drug-likeness (QED) is 0.469. The van der Waals surface area contributed by atoms with Gasteiger partial charge in [-0.1, -0.05) is 54.1 Å². The highest BCUT2D eigenvalue weighted by atomic mass is 35.5. The number of benzene rings is 2. The van der Waals surface area contributed by atoms with Crippen LogP contribution in [-0.4, -0.2) is 61.5 Å². The van der Waals surface area contributed by atoms with E-state index in [1.54, 1.807) is 0 Å². The molecular formula is C26H28ClN3O3S. The first kappa shape index (κ1) is 24.4. The number of methoxy groups -OCH3 is 1. The SMILES string of the molecule is COC(=O)c1c(NC(=O)CN2CCN(Cc3ccc(Cl)cc3)CC2)sc(C)c1-c1ccccc1. The molecule has 1 aliphatic heterocycles. The van der Waals surface area contributed by atoms with E-state index in [0.717, 1.165) is 53.8 Å². The maximum absolute atomic E-state index is 12.9. The smallest absolute Gasteiger partial charge is 0.341 e. The molecule has 0 spiro atoms. The van der Waals surface area contributed by atoms with Crippen molar-refractivity contribution >= 4 is 39.8 Å². The lowest BCUT2D eigenvalue weighted by molar-refractivity contribution is -0.117. The van der Waals surface area contributed by atoms with Gasteiger partial charge in [-0.2, -0.15) is 0 Å². The lowest BCUT2D eigenvalue weighted by Crippen LogP contribution is -2.48. The maximum Gasteiger partial charge on any atom is 0.341 e. The van der Waals surface area contributed by atoms with Crippen LogP contribution in [0.25, 0.3) is 11.1 Å². The van der Waals surface area contributed by atoms with Crippen LogP contribution in [-0.2, 0) is 16.1 Å². The fourth-order valence-electron chi connectivity index (χ4n) is 4.20. The number of hydrogen-bond acceptors (Lipinski definition) is 6. The summed E-state index contributed by atoms with van der Waals surface area (Å²) in [7, 11) is 1.36. The van der Waals surface area contributed by atoms with Crippen LogP contribution >= 0.6 is 22.9 Å². The molecule has 6 nitrogen and oxygen atoms in total. The summed E-state index contributed by atoms with van der Waals surface area (Å²) in [6.45, 7) is 6.50. The van der Waals surface area contributed by atoms with E-state index < -0.39 is 5.97 Å². The molecule has 1 aromatic heterocycles. The summed E-state index contributed by atoms with van der Waals surface area (Å²) >= 11 is 7.38. The predicted octanol–water partition coefficient (Wildman–Crippen LogP) is 4.92. The molecule has 3 aromatic rings. The highest BCUT2D eigenvalue weighted by Crippen LogP contribution is 2.40. The van der Waals surface area contributed by atoms with E-state index in [4.69, 9.17) is 16.3 Å². The van der Waals surface area contributed by atoms with E-state index in [0.29, 0.717) is 10.6 Å². The Morgan fingerprint density at radius 2 is 1.65 bits per heavy atom. The zero-order valence-electron chi connectivity index (χ0n) is 19.3. The van der Waals surface area contributed by atoms with Gasteiger partial charge in [0.15, 0.2) is 0 Å². The maximum atomic E-state index is 12.9. The number of rotatable bonds is 7. The van der Waals surface area contributed by atoms with Crippen LogP contribution in [0.5, 0.6) is 0 Å². The van der Waals surface area contributed by atoms with Gasteiger partial charge in [0, 0.05) is 48.2 Å². The molecule has 4 rings (SSSR count). The lowest BCUT2D eigenvalue weighted by atomic mass is 10.0. The summed E-state index contributed by atoms with van der Waals surface area (Å²) in [5.74, 6) is -0.577. The van der Waals surface area contributed by atoms with Crippen molar-refractivity contribution in [1.82, 2.24) is 9.80 Å². The normalized spacial score (nSPS) is 14.7. The lowest BCUT2D eigenvalue weighted by Gasteiger charge is -2.34. The van der Waals surface area contributed by atoms with Gasteiger partial charge in [-0.3, -0.25) is 14.6 Å². The first-order valence-electron chi connectivity index (χ1n) is 11.2. The number of halogens is 1. The van der Waals surface area contributed by atoms with Crippen LogP contribution < -0.4 is 5.32 Å². The second-order valence-electron chi connectivity index (χ2n) is 8.32. The van der Waals surface area contributed by atoms with Crippen molar-refractivity contribution < 1.29 is 14.3 Å². The number of nitrogens with zero attached hydrogens (tertiary/aromatic N) is 2. The zero-order chi connectivity index (χ0) is 24.1. The molecule has 0 unspecified atom stereocenters. The molecule has 0 saturated carbocycles. The number of anilines is 1. The molecule has 2 heterocycles. The Morgan fingerprint density at radius 3 is 2.29 bits per heavy atom. The molecule has 1 N–H and O–H groups in total. The molecule has 1 amide bonds. The minimum Gasteiger partial charge on any atom is -0.465 e. The second kappa shape index (κ2) is 11.1. The number of aryl methyl sites for hydroxylation is 1. The topological polar surface area (TPSA) is 61.9 Å². The molecule has 178 valence electrons. The van der Waals surface area contributed by atoms with Gasteiger partial charge in [-0.05, 0) is 30.2 Å². The third-order valence-corrected chi connectivity index (χ3v) is 7.21. The summed E-state index contributed by atoms with van der Waals surface area (Å²) in [4.78, 5) is 31.0.